The van der Waals surface area contributed by atoms with E-state index >= 15 is 0 Å². The number of hydrogen-bond acceptors (Lipinski definition) is 4. The number of rotatable bonds is 3. The van der Waals surface area contributed by atoms with Crippen molar-refractivity contribution in [1.82, 2.24) is 5.32 Å². The van der Waals surface area contributed by atoms with Gasteiger partial charge in [-0.15, -0.1) is 0 Å². The van der Waals surface area contributed by atoms with Crippen LogP contribution < -0.4 is 11.1 Å². The van der Waals surface area contributed by atoms with Gasteiger partial charge in [0.2, 0.25) is 5.91 Å². The molecule has 0 bridgehead atoms. The number of hydrogen-bond donors (Lipinski definition) is 2. The molecule has 1 aliphatic carbocycles. The molecular weight excluding hydrogens is 240 g/mol. The third kappa shape index (κ3) is 3.57. The van der Waals surface area contributed by atoms with E-state index in [1.165, 1.54) is 17.3 Å². The highest BCUT2D eigenvalue weighted by Gasteiger charge is 2.28. The Morgan fingerprint density at radius 3 is 2.88 bits per heavy atom. The first-order chi connectivity index (χ1) is 7.75. The van der Waals surface area contributed by atoms with Gasteiger partial charge in [0.1, 0.15) is 0 Å². The summed E-state index contributed by atoms with van der Waals surface area (Å²) in [6.45, 7) is 0.836. The molecule has 1 amide bonds. The molecule has 0 aromatic rings. The predicted octanol–water partition coefficient (Wildman–Crippen LogP) is 1.08. The third-order valence-corrected chi connectivity index (χ3v) is 6.08. The summed E-state index contributed by atoms with van der Waals surface area (Å²) in [4.78, 5) is 11.9. The van der Waals surface area contributed by atoms with E-state index in [4.69, 9.17) is 5.73 Å². The highest BCUT2D eigenvalue weighted by Crippen LogP contribution is 2.25. The van der Waals surface area contributed by atoms with Crippen molar-refractivity contribution in [2.24, 2.45) is 11.7 Å². The van der Waals surface area contributed by atoms with Gasteiger partial charge in [-0.25, -0.2) is 0 Å². The quantitative estimate of drug-likeness (QED) is 0.797. The zero-order chi connectivity index (χ0) is 11.4. The lowest BCUT2D eigenvalue weighted by molar-refractivity contribution is -0.124. The highest BCUT2D eigenvalue weighted by atomic mass is 32.2. The second-order valence-electron chi connectivity index (χ2n) is 4.58. The smallest absolute Gasteiger partial charge is 0.223 e. The molecular formula is C11H20N2OS2. The summed E-state index contributed by atoms with van der Waals surface area (Å²) in [7, 11) is 0. The first kappa shape index (κ1) is 12.6. The van der Waals surface area contributed by atoms with Gasteiger partial charge in [0.15, 0.2) is 0 Å². The van der Waals surface area contributed by atoms with Gasteiger partial charge in [0.05, 0.1) is 0 Å². The minimum absolute atomic E-state index is 0.177. The summed E-state index contributed by atoms with van der Waals surface area (Å²) in [5.74, 6) is 4.06. The Morgan fingerprint density at radius 1 is 1.38 bits per heavy atom. The Morgan fingerprint density at radius 2 is 2.25 bits per heavy atom. The molecule has 0 spiro atoms. The van der Waals surface area contributed by atoms with Gasteiger partial charge in [-0.3, -0.25) is 4.79 Å². The van der Waals surface area contributed by atoms with Crippen LogP contribution in [0, 0.1) is 5.92 Å². The van der Waals surface area contributed by atoms with Crippen LogP contribution in [-0.4, -0.2) is 41.0 Å². The maximum Gasteiger partial charge on any atom is 0.223 e. The van der Waals surface area contributed by atoms with Gasteiger partial charge >= 0.3 is 0 Å². The van der Waals surface area contributed by atoms with E-state index in [1.807, 2.05) is 23.5 Å². The minimum atomic E-state index is 0.177. The number of carbonyl (C=O) groups excluding carboxylic acids is 1. The molecule has 0 aromatic heterocycles. The van der Waals surface area contributed by atoms with E-state index in [2.05, 4.69) is 5.32 Å². The summed E-state index contributed by atoms with van der Waals surface area (Å²) < 4.78 is 0. The van der Waals surface area contributed by atoms with E-state index < -0.39 is 0 Å². The van der Waals surface area contributed by atoms with Gasteiger partial charge in [0.25, 0.3) is 0 Å². The lowest BCUT2D eigenvalue weighted by Crippen LogP contribution is -2.36. The fourth-order valence-electron chi connectivity index (χ4n) is 2.27. The van der Waals surface area contributed by atoms with Crippen molar-refractivity contribution in [1.29, 1.82) is 0 Å². The van der Waals surface area contributed by atoms with Crippen molar-refractivity contribution in [3.05, 3.63) is 0 Å². The average Bonchev–Trinajstić information content (AvgIpc) is 2.74. The van der Waals surface area contributed by atoms with Crippen LogP contribution in [0.25, 0.3) is 0 Å². The van der Waals surface area contributed by atoms with E-state index in [-0.39, 0.29) is 17.9 Å². The van der Waals surface area contributed by atoms with E-state index in [0.29, 0.717) is 5.25 Å². The third-order valence-electron chi connectivity index (χ3n) is 3.23. The molecule has 16 heavy (non-hydrogen) atoms. The van der Waals surface area contributed by atoms with Crippen molar-refractivity contribution < 1.29 is 4.79 Å². The fraction of sp³-hybridized carbons (Fsp3) is 0.909. The number of amides is 1. The van der Waals surface area contributed by atoms with Crippen LogP contribution in [0.1, 0.15) is 19.3 Å². The standard InChI is InChI=1S/C11H20N2OS2/c12-9-2-1-8(5-9)11(14)13-6-10-7-15-3-4-16-10/h8-10H,1-7,12H2,(H,13,14). The zero-order valence-corrected chi connectivity index (χ0v) is 11.1. The fourth-order valence-corrected chi connectivity index (χ4v) is 4.88. The van der Waals surface area contributed by atoms with Crippen LogP contribution >= 0.6 is 23.5 Å². The first-order valence-electron chi connectivity index (χ1n) is 5.98. The Bertz CT molecular complexity index is 244. The molecule has 2 aliphatic rings. The molecule has 5 heteroatoms. The van der Waals surface area contributed by atoms with E-state index in [0.717, 1.165) is 25.8 Å². The van der Waals surface area contributed by atoms with Crippen molar-refractivity contribution in [2.45, 2.75) is 30.6 Å². The van der Waals surface area contributed by atoms with Crippen LogP contribution in [0.4, 0.5) is 0 Å². The Kier molecular flexibility index (Phi) is 4.85. The molecule has 1 saturated heterocycles. The molecule has 1 aliphatic heterocycles. The van der Waals surface area contributed by atoms with Crippen molar-refractivity contribution in [3.63, 3.8) is 0 Å². The molecule has 2 rings (SSSR count). The van der Waals surface area contributed by atoms with Gasteiger partial charge in [0, 0.05) is 41.0 Å². The molecule has 0 radical (unpaired) electrons. The Labute approximate surface area is 106 Å². The zero-order valence-electron chi connectivity index (χ0n) is 9.48. The van der Waals surface area contributed by atoms with Crippen LogP contribution in [0.2, 0.25) is 0 Å². The molecule has 1 heterocycles. The SMILES string of the molecule is NC1CCC(C(=O)NCC2CSCCS2)C1. The number of thioether (sulfide) groups is 2. The second kappa shape index (κ2) is 6.17. The lowest BCUT2D eigenvalue weighted by Gasteiger charge is -2.22. The lowest BCUT2D eigenvalue weighted by atomic mass is 10.1. The molecule has 0 aromatic carbocycles. The predicted molar refractivity (Wildman–Crippen MR) is 71.9 cm³/mol. The van der Waals surface area contributed by atoms with Crippen LogP contribution in [0.3, 0.4) is 0 Å². The van der Waals surface area contributed by atoms with Gasteiger partial charge < -0.3 is 11.1 Å². The van der Waals surface area contributed by atoms with E-state index in [1.54, 1.807) is 0 Å². The molecule has 1 saturated carbocycles. The molecule has 3 N–H and O–H groups in total. The maximum absolute atomic E-state index is 11.9. The monoisotopic (exact) mass is 260 g/mol. The Hall–Kier alpha value is 0.130. The van der Waals surface area contributed by atoms with Crippen molar-refractivity contribution in [3.8, 4) is 0 Å². The molecule has 3 unspecified atom stereocenters. The number of carbonyl (C=O) groups is 1. The highest BCUT2D eigenvalue weighted by molar-refractivity contribution is 8.06. The Balaban J connectivity index is 1.67. The van der Waals surface area contributed by atoms with Crippen LogP contribution in [0.15, 0.2) is 0 Å². The largest absolute Gasteiger partial charge is 0.355 e. The summed E-state index contributed by atoms with van der Waals surface area (Å²) in [6.07, 6.45) is 2.85. The van der Waals surface area contributed by atoms with Gasteiger partial charge in [-0.05, 0) is 19.3 Å². The molecule has 92 valence electrons. The van der Waals surface area contributed by atoms with Gasteiger partial charge in [-0.2, -0.15) is 23.5 Å². The maximum atomic E-state index is 11.9. The summed E-state index contributed by atoms with van der Waals surface area (Å²) in [5.41, 5.74) is 5.81. The van der Waals surface area contributed by atoms with Crippen molar-refractivity contribution >= 4 is 29.4 Å². The summed E-state index contributed by atoms with van der Waals surface area (Å²) in [5, 5.41) is 3.70. The number of nitrogens with one attached hydrogen (secondary N) is 1. The van der Waals surface area contributed by atoms with Gasteiger partial charge in [-0.1, -0.05) is 0 Å². The molecule has 3 nitrogen and oxygen atoms in total. The topological polar surface area (TPSA) is 55.1 Å². The first-order valence-corrected chi connectivity index (χ1v) is 8.18. The molecule has 2 fully saturated rings. The summed E-state index contributed by atoms with van der Waals surface area (Å²) in [6, 6.07) is 0.246. The average molecular weight is 260 g/mol. The number of nitrogens with two attached hydrogens (primary N) is 1. The van der Waals surface area contributed by atoms with Crippen molar-refractivity contribution in [2.75, 3.05) is 23.8 Å². The normalized spacial score (nSPS) is 34.9. The second-order valence-corrected chi connectivity index (χ2v) is 7.14. The van der Waals surface area contributed by atoms with Crippen LogP contribution in [-0.2, 0) is 4.79 Å². The summed E-state index contributed by atoms with van der Waals surface area (Å²) >= 11 is 3.98. The molecule has 3 atom stereocenters. The van der Waals surface area contributed by atoms with Crippen LogP contribution in [0.5, 0.6) is 0 Å². The van der Waals surface area contributed by atoms with E-state index in [9.17, 15) is 4.79 Å². The minimum Gasteiger partial charge on any atom is -0.355 e.